The lowest BCUT2D eigenvalue weighted by molar-refractivity contribution is -0.136. The number of hydrogen-bond donors (Lipinski definition) is 2. The summed E-state index contributed by atoms with van der Waals surface area (Å²) in [7, 11) is 0. The van der Waals surface area contributed by atoms with Crippen molar-refractivity contribution in [1.82, 2.24) is 0 Å². The molecule has 0 aliphatic carbocycles. The van der Waals surface area contributed by atoms with Crippen LogP contribution in [0.4, 0.5) is 5.69 Å². The van der Waals surface area contributed by atoms with E-state index in [1.807, 2.05) is 26.8 Å². The number of anilines is 1. The summed E-state index contributed by atoms with van der Waals surface area (Å²) in [4.78, 5) is 12.1. The predicted molar refractivity (Wildman–Crippen MR) is 66.3 cm³/mol. The summed E-state index contributed by atoms with van der Waals surface area (Å²) in [5, 5.41) is 12.0. The number of aryl methyl sites for hydroxylation is 2. The summed E-state index contributed by atoms with van der Waals surface area (Å²) in [6.07, 6.45) is 0. The Morgan fingerprint density at radius 1 is 1.44 bits per heavy atom. The van der Waals surface area contributed by atoms with E-state index in [2.05, 4.69) is 11.4 Å². The summed E-state index contributed by atoms with van der Waals surface area (Å²) >= 11 is 1.44. The topological polar surface area (TPSA) is 49.3 Å². The first-order valence-electron chi connectivity index (χ1n) is 5.26. The van der Waals surface area contributed by atoms with Crippen LogP contribution in [0.2, 0.25) is 0 Å². The molecule has 86 valence electrons. The Bertz CT molecular complexity index is 445. The molecule has 1 heterocycles. The van der Waals surface area contributed by atoms with Gasteiger partial charge < -0.3 is 10.4 Å². The molecule has 0 saturated carbocycles. The number of carboxylic acid groups (broad SMARTS) is 1. The van der Waals surface area contributed by atoms with Crippen LogP contribution in [-0.2, 0) is 4.79 Å². The molecule has 0 radical (unpaired) electrons. The van der Waals surface area contributed by atoms with Gasteiger partial charge in [0.05, 0.1) is 5.69 Å². The van der Waals surface area contributed by atoms with E-state index >= 15 is 0 Å². The molecule has 0 fully saturated rings. The number of fused-ring (bicyclic) bond motifs is 1. The van der Waals surface area contributed by atoms with Crippen molar-refractivity contribution in [2.45, 2.75) is 37.0 Å². The monoisotopic (exact) mass is 237 g/mol. The lowest BCUT2D eigenvalue weighted by atomic mass is 10.1. The molecule has 1 aromatic rings. The van der Waals surface area contributed by atoms with Crippen molar-refractivity contribution in [3.05, 3.63) is 23.3 Å². The van der Waals surface area contributed by atoms with Gasteiger partial charge in [0.1, 0.15) is 5.25 Å². The standard InChI is InChI=1S/C12H15NO2S/c1-6-4-7(2)10-9(5-6)16-11(12(14)15)8(3)13-10/h4-5,8,11,13H,1-3H3,(H,14,15). The van der Waals surface area contributed by atoms with Crippen LogP contribution in [0.15, 0.2) is 17.0 Å². The molecule has 3 nitrogen and oxygen atoms in total. The van der Waals surface area contributed by atoms with Crippen molar-refractivity contribution in [3.8, 4) is 0 Å². The van der Waals surface area contributed by atoms with Gasteiger partial charge in [-0.05, 0) is 38.0 Å². The summed E-state index contributed by atoms with van der Waals surface area (Å²) in [6, 6.07) is 4.11. The van der Waals surface area contributed by atoms with Crippen molar-refractivity contribution >= 4 is 23.4 Å². The third-order valence-electron chi connectivity index (χ3n) is 2.77. The average molecular weight is 237 g/mol. The molecule has 2 atom stereocenters. The normalized spacial score (nSPS) is 23.4. The third kappa shape index (κ3) is 1.89. The Labute approximate surface area is 99.2 Å². The number of benzene rings is 1. The first kappa shape index (κ1) is 11.3. The van der Waals surface area contributed by atoms with Gasteiger partial charge in [-0.2, -0.15) is 0 Å². The number of nitrogens with one attached hydrogen (secondary N) is 1. The van der Waals surface area contributed by atoms with Crippen LogP contribution >= 0.6 is 11.8 Å². The van der Waals surface area contributed by atoms with E-state index in [-0.39, 0.29) is 6.04 Å². The van der Waals surface area contributed by atoms with Gasteiger partial charge in [-0.1, -0.05) is 6.07 Å². The second kappa shape index (κ2) is 4.01. The molecule has 1 aliphatic rings. The van der Waals surface area contributed by atoms with Gasteiger partial charge in [-0.15, -0.1) is 11.8 Å². The van der Waals surface area contributed by atoms with Crippen LogP contribution < -0.4 is 5.32 Å². The number of rotatable bonds is 1. The SMILES string of the molecule is Cc1cc(C)c2c(c1)SC(C(=O)O)C(C)N2. The summed E-state index contributed by atoms with van der Waals surface area (Å²) < 4.78 is 0. The molecular formula is C12H15NO2S. The summed E-state index contributed by atoms with van der Waals surface area (Å²) in [5.41, 5.74) is 3.43. The lowest BCUT2D eigenvalue weighted by Gasteiger charge is -2.30. The predicted octanol–water partition coefficient (Wildman–Crippen LogP) is 2.66. The second-order valence-electron chi connectivity index (χ2n) is 4.26. The van der Waals surface area contributed by atoms with Gasteiger partial charge in [0.15, 0.2) is 0 Å². The third-order valence-corrected chi connectivity index (χ3v) is 4.21. The molecule has 0 spiro atoms. The van der Waals surface area contributed by atoms with E-state index < -0.39 is 11.2 Å². The van der Waals surface area contributed by atoms with Crippen LogP contribution in [0.5, 0.6) is 0 Å². The molecular weight excluding hydrogens is 222 g/mol. The number of hydrogen-bond acceptors (Lipinski definition) is 3. The number of aliphatic carboxylic acids is 1. The molecule has 2 rings (SSSR count). The fourth-order valence-corrected chi connectivity index (χ4v) is 3.25. The first-order valence-corrected chi connectivity index (χ1v) is 6.14. The first-order chi connectivity index (χ1) is 7.49. The van der Waals surface area contributed by atoms with E-state index in [0.717, 1.165) is 10.6 Å². The van der Waals surface area contributed by atoms with Crippen molar-refractivity contribution < 1.29 is 9.90 Å². The van der Waals surface area contributed by atoms with Crippen LogP contribution in [0, 0.1) is 13.8 Å². The highest BCUT2D eigenvalue weighted by atomic mass is 32.2. The molecule has 0 bridgehead atoms. The van der Waals surface area contributed by atoms with Gasteiger partial charge in [-0.25, -0.2) is 0 Å². The Morgan fingerprint density at radius 2 is 2.12 bits per heavy atom. The van der Waals surface area contributed by atoms with Gasteiger partial charge in [0.25, 0.3) is 0 Å². The zero-order valence-corrected chi connectivity index (χ0v) is 10.4. The molecule has 2 N–H and O–H groups in total. The fraction of sp³-hybridized carbons (Fsp3) is 0.417. The van der Waals surface area contributed by atoms with E-state index in [1.54, 1.807) is 0 Å². The van der Waals surface area contributed by atoms with Crippen molar-refractivity contribution in [1.29, 1.82) is 0 Å². The van der Waals surface area contributed by atoms with E-state index in [4.69, 9.17) is 5.11 Å². The van der Waals surface area contributed by atoms with E-state index in [1.165, 1.54) is 22.9 Å². The fourth-order valence-electron chi connectivity index (χ4n) is 2.01. The molecule has 1 aromatic carbocycles. The summed E-state index contributed by atoms with van der Waals surface area (Å²) in [5.74, 6) is -0.755. The highest BCUT2D eigenvalue weighted by Crippen LogP contribution is 2.40. The number of carbonyl (C=O) groups is 1. The van der Waals surface area contributed by atoms with E-state index in [9.17, 15) is 4.79 Å². The number of carboxylic acids is 1. The molecule has 0 amide bonds. The van der Waals surface area contributed by atoms with Crippen molar-refractivity contribution in [2.24, 2.45) is 0 Å². The van der Waals surface area contributed by atoms with Gasteiger partial charge in [0.2, 0.25) is 0 Å². The molecule has 1 aliphatic heterocycles. The Hall–Kier alpha value is -1.16. The molecule has 4 heteroatoms. The van der Waals surface area contributed by atoms with Crippen molar-refractivity contribution in [3.63, 3.8) is 0 Å². The highest BCUT2D eigenvalue weighted by Gasteiger charge is 2.31. The van der Waals surface area contributed by atoms with Crippen LogP contribution in [-0.4, -0.2) is 22.4 Å². The minimum Gasteiger partial charge on any atom is -0.480 e. The zero-order valence-electron chi connectivity index (χ0n) is 9.57. The van der Waals surface area contributed by atoms with Crippen LogP contribution in [0.3, 0.4) is 0 Å². The van der Waals surface area contributed by atoms with Gasteiger partial charge in [-0.3, -0.25) is 4.79 Å². The smallest absolute Gasteiger partial charge is 0.319 e. The minimum atomic E-state index is -0.755. The Kier molecular flexibility index (Phi) is 2.84. The summed E-state index contributed by atoms with van der Waals surface area (Å²) in [6.45, 7) is 5.99. The van der Waals surface area contributed by atoms with Crippen LogP contribution in [0.1, 0.15) is 18.1 Å². The van der Waals surface area contributed by atoms with Crippen molar-refractivity contribution in [2.75, 3.05) is 5.32 Å². The molecule has 16 heavy (non-hydrogen) atoms. The lowest BCUT2D eigenvalue weighted by Crippen LogP contribution is -2.37. The zero-order chi connectivity index (χ0) is 11.9. The quantitative estimate of drug-likeness (QED) is 0.788. The van der Waals surface area contributed by atoms with Gasteiger partial charge in [0, 0.05) is 10.9 Å². The molecule has 0 aromatic heterocycles. The highest BCUT2D eigenvalue weighted by molar-refractivity contribution is 8.01. The largest absolute Gasteiger partial charge is 0.480 e. The van der Waals surface area contributed by atoms with Gasteiger partial charge >= 0.3 is 5.97 Å². The van der Waals surface area contributed by atoms with E-state index in [0.29, 0.717) is 0 Å². The Balaban J connectivity index is 2.43. The maximum absolute atomic E-state index is 11.1. The molecule has 0 saturated heterocycles. The maximum Gasteiger partial charge on any atom is 0.319 e. The second-order valence-corrected chi connectivity index (χ2v) is 5.45. The maximum atomic E-state index is 11.1. The Morgan fingerprint density at radius 3 is 2.75 bits per heavy atom. The number of thioether (sulfide) groups is 1. The molecule has 2 unspecified atom stereocenters. The average Bonchev–Trinajstić information content (AvgIpc) is 2.18. The minimum absolute atomic E-state index is 0.0450. The van der Waals surface area contributed by atoms with Crippen LogP contribution in [0.25, 0.3) is 0 Å².